The van der Waals surface area contributed by atoms with Crippen LogP contribution in [0.2, 0.25) is 0 Å². The first kappa shape index (κ1) is 16.6. The number of hydrogen-bond donors (Lipinski definition) is 1. The van der Waals surface area contributed by atoms with Crippen molar-refractivity contribution in [2.75, 3.05) is 0 Å². The molecule has 0 aliphatic rings. The van der Waals surface area contributed by atoms with Crippen molar-refractivity contribution in [2.24, 2.45) is 0 Å². The summed E-state index contributed by atoms with van der Waals surface area (Å²) in [6.07, 6.45) is 0. The maximum Gasteiger partial charge on any atom is 0.287 e. The van der Waals surface area contributed by atoms with Crippen molar-refractivity contribution in [3.05, 3.63) is 87.7 Å². The summed E-state index contributed by atoms with van der Waals surface area (Å²) in [4.78, 5) is 12.1. The van der Waals surface area contributed by atoms with E-state index in [4.69, 9.17) is 4.42 Å². The number of rotatable bonds is 4. The molecule has 6 heteroatoms. The molecule has 3 aromatic rings. The molecule has 1 N–H and O–H groups in total. The summed E-state index contributed by atoms with van der Waals surface area (Å²) in [7, 11) is 0. The average molecular weight is 438 g/mol. The number of halogens is 3. The number of amides is 1. The summed E-state index contributed by atoms with van der Waals surface area (Å²) in [6, 6.07) is 13.8. The van der Waals surface area contributed by atoms with Gasteiger partial charge in [0, 0.05) is 14.7 Å². The van der Waals surface area contributed by atoms with Crippen LogP contribution < -0.4 is 5.32 Å². The Hall–Kier alpha value is -2.22. The Morgan fingerprint density at radius 2 is 1.79 bits per heavy atom. The lowest BCUT2D eigenvalue weighted by molar-refractivity contribution is 0.0938. The molecular formula is C18H11F2INO2. The number of nitrogens with one attached hydrogen (secondary N) is 1. The van der Waals surface area contributed by atoms with E-state index in [1.165, 1.54) is 24.7 Å². The van der Waals surface area contributed by atoms with Crippen LogP contribution in [0.4, 0.5) is 8.78 Å². The normalized spacial score (nSPS) is 10.6. The van der Waals surface area contributed by atoms with Crippen LogP contribution in [0.25, 0.3) is 11.3 Å². The van der Waals surface area contributed by atoms with Gasteiger partial charge >= 0.3 is 0 Å². The maximum absolute atomic E-state index is 13.9. The molecule has 0 bridgehead atoms. The third kappa shape index (κ3) is 3.64. The molecule has 24 heavy (non-hydrogen) atoms. The number of furan rings is 1. The summed E-state index contributed by atoms with van der Waals surface area (Å²) in [5.41, 5.74) is 0.934. The quantitative estimate of drug-likeness (QED) is 0.597. The van der Waals surface area contributed by atoms with E-state index in [9.17, 15) is 13.6 Å². The van der Waals surface area contributed by atoms with Gasteiger partial charge in [-0.25, -0.2) is 8.78 Å². The molecule has 0 fully saturated rings. The van der Waals surface area contributed by atoms with Gasteiger partial charge in [0.2, 0.25) is 0 Å². The average Bonchev–Trinajstić information content (AvgIpc) is 3.07. The highest BCUT2D eigenvalue weighted by molar-refractivity contribution is 14.1. The molecule has 0 aliphatic carbocycles. The minimum Gasteiger partial charge on any atom is -0.451 e. The maximum atomic E-state index is 13.9. The second-order valence-corrected chi connectivity index (χ2v) is 6.09. The zero-order valence-electron chi connectivity index (χ0n) is 12.2. The van der Waals surface area contributed by atoms with E-state index in [2.05, 4.69) is 5.32 Å². The van der Waals surface area contributed by atoms with E-state index in [1.807, 2.05) is 22.6 Å². The highest BCUT2D eigenvalue weighted by Gasteiger charge is 2.14. The van der Waals surface area contributed by atoms with Crippen molar-refractivity contribution >= 4 is 28.5 Å². The highest BCUT2D eigenvalue weighted by Crippen LogP contribution is 2.22. The molecule has 0 aliphatic heterocycles. The lowest BCUT2D eigenvalue weighted by atomic mass is 10.2. The fraction of sp³-hybridized carbons (Fsp3) is 0. The van der Waals surface area contributed by atoms with Crippen LogP contribution in [-0.4, -0.2) is 5.91 Å². The first-order valence-electron chi connectivity index (χ1n) is 6.98. The number of hydrogen-bond acceptors (Lipinski definition) is 2. The van der Waals surface area contributed by atoms with Gasteiger partial charge in [-0.05, 0) is 65.1 Å². The molecule has 1 aromatic heterocycles. The Morgan fingerprint density at radius 1 is 1.04 bits per heavy atom. The Morgan fingerprint density at radius 3 is 2.54 bits per heavy atom. The number of carbonyl (C=O) groups is 1. The lowest BCUT2D eigenvalue weighted by Crippen LogP contribution is -2.21. The summed E-state index contributed by atoms with van der Waals surface area (Å²) in [6.45, 7) is 1.29. The molecule has 0 atom stereocenters. The van der Waals surface area contributed by atoms with Gasteiger partial charge in [-0.3, -0.25) is 4.79 Å². The summed E-state index contributed by atoms with van der Waals surface area (Å²) < 4.78 is 32.7. The lowest BCUT2D eigenvalue weighted by Gasteiger charge is -2.05. The van der Waals surface area contributed by atoms with E-state index in [-0.39, 0.29) is 17.1 Å². The zero-order valence-corrected chi connectivity index (χ0v) is 14.4. The van der Waals surface area contributed by atoms with Crippen LogP contribution in [0.5, 0.6) is 0 Å². The van der Waals surface area contributed by atoms with Crippen LogP contribution in [0.3, 0.4) is 0 Å². The second-order valence-electron chi connectivity index (χ2n) is 4.93. The fourth-order valence-corrected chi connectivity index (χ4v) is 2.59. The van der Waals surface area contributed by atoms with Gasteiger partial charge in [-0.15, -0.1) is 0 Å². The monoisotopic (exact) mass is 438 g/mol. The summed E-state index contributed by atoms with van der Waals surface area (Å²) >= 11 is 1.88. The van der Waals surface area contributed by atoms with Crippen molar-refractivity contribution in [2.45, 2.75) is 0 Å². The number of carbonyl (C=O) groups excluding carboxylic acids is 1. The molecule has 0 spiro atoms. The molecule has 121 valence electrons. The van der Waals surface area contributed by atoms with Crippen molar-refractivity contribution in [3.63, 3.8) is 0 Å². The first-order chi connectivity index (χ1) is 11.5. The molecule has 2 aromatic carbocycles. The van der Waals surface area contributed by atoms with E-state index in [1.54, 1.807) is 36.4 Å². The molecule has 1 radical (unpaired) electrons. The Kier molecular flexibility index (Phi) is 4.94. The minimum absolute atomic E-state index is 0.0802. The molecule has 0 unspecified atom stereocenters. The summed E-state index contributed by atoms with van der Waals surface area (Å²) in [5, 5.41) is 2.50. The van der Waals surface area contributed by atoms with Gasteiger partial charge in [0.15, 0.2) is 5.76 Å². The van der Waals surface area contributed by atoms with E-state index < -0.39 is 11.7 Å². The number of benzene rings is 2. The van der Waals surface area contributed by atoms with Crippen LogP contribution in [0, 0.1) is 21.7 Å². The molecule has 0 saturated heterocycles. The van der Waals surface area contributed by atoms with Crippen molar-refractivity contribution in [1.29, 1.82) is 0 Å². The molecule has 3 rings (SSSR count). The molecule has 0 saturated carbocycles. The summed E-state index contributed by atoms with van der Waals surface area (Å²) in [5.74, 6) is -0.721. The van der Waals surface area contributed by atoms with Gasteiger partial charge in [0.1, 0.15) is 17.4 Å². The van der Waals surface area contributed by atoms with Gasteiger partial charge in [0.05, 0.1) is 6.54 Å². The largest absolute Gasteiger partial charge is 0.451 e. The van der Waals surface area contributed by atoms with E-state index in [0.29, 0.717) is 14.9 Å². The molecule has 3 nitrogen and oxygen atoms in total. The van der Waals surface area contributed by atoms with Crippen LogP contribution in [-0.2, 0) is 0 Å². The SMILES string of the molecule is O=C(N[CH]c1cccc(I)c1F)c1ccc(-c2ccc(F)cc2)o1. The van der Waals surface area contributed by atoms with Crippen LogP contribution in [0.1, 0.15) is 16.1 Å². The van der Waals surface area contributed by atoms with Gasteiger partial charge in [-0.2, -0.15) is 0 Å². The van der Waals surface area contributed by atoms with Crippen molar-refractivity contribution in [3.8, 4) is 11.3 Å². The van der Waals surface area contributed by atoms with Crippen molar-refractivity contribution in [1.82, 2.24) is 5.32 Å². The Bertz CT molecular complexity index is 875. The van der Waals surface area contributed by atoms with Crippen LogP contribution >= 0.6 is 22.6 Å². The first-order valence-corrected chi connectivity index (χ1v) is 8.06. The predicted octanol–water partition coefficient (Wildman–Crippen LogP) is 4.77. The molecular weight excluding hydrogens is 427 g/mol. The zero-order chi connectivity index (χ0) is 17.1. The van der Waals surface area contributed by atoms with Gasteiger partial charge in [-0.1, -0.05) is 12.1 Å². The van der Waals surface area contributed by atoms with E-state index in [0.717, 1.165) is 0 Å². The molecule has 1 amide bonds. The predicted molar refractivity (Wildman–Crippen MR) is 94.1 cm³/mol. The van der Waals surface area contributed by atoms with Crippen LogP contribution in [0.15, 0.2) is 59.0 Å². The van der Waals surface area contributed by atoms with Gasteiger partial charge in [0.25, 0.3) is 5.91 Å². The minimum atomic E-state index is -0.498. The van der Waals surface area contributed by atoms with E-state index >= 15 is 0 Å². The topological polar surface area (TPSA) is 42.2 Å². The fourth-order valence-electron chi connectivity index (χ4n) is 2.08. The van der Waals surface area contributed by atoms with Gasteiger partial charge < -0.3 is 9.73 Å². The standard InChI is InChI=1S/C18H11F2INO2/c19-13-6-4-11(5-7-13)15-8-9-16(24-15)18(23)22-10-12-2-1-3-14(21)17(12)20/h1-10H,(H,22,23). The third-order valence-corrected chi connectivity index (χ3v) is 4.13. The Labute approximate surface area is 150 Å². The Balaban J connectivity index is 1.70. The smallest absolute Gasteiger partial charge is 0.287 e. The third-order valence-electron chi connectivity index (χ3n) is 3.30. The molecule has 1 heterocycles. The second kappa shape index (κ2) is 7.12. The highest BCUT2D eigenvalue weighted by atomic mass is 127. The van der Waals surface area contributed by atoms with Crippen molar-refractivity contribution < 1.29 is 18.0 Å².